The van der Waals surface area contributed by atoms with Crippen LogP contribution in [-0.4, -0.2) is 30.0 Å². The van der Waals surface area contributed by atoms with Crippen molar-refractivity contribution in [2.75, 3.05) is 24.3 Å². The average molecular weight is 276 g/mol. The summed E-state index contributed by atoms with van der Waals surface area (Å²) >= 11 is 1.49. The number of thiophene rings is 1. The van der Waals surface area contributed by atoms with E-state index in [1.54, 1.807) is 6.07 Å². The van der Waals surface area contributed by atoms with E-state index in [9.17, 15) is 4.79 Å². The van der Waals surface area contributed by atoms with Crippen LogP contribution in [0.1, 0.15) is 21.7 Å². The van der Waals surface area contributed by atoms with Gasteiger partial charge in [0.15, 0.2) is 0 Å². The Balaban J connectivity index is 2.28. The average Bonchev–Trinajstić information content (AvgIpc) is 2.86. The van der Waals surface area contributed by atoms with Crippen LogP contribution in [-0.2, 0) is 0 Å². The molecular formula is C13H16N4OS. The zero-order valence-electron chi connectivity index (χ0n) is 11.4. The van der Waals surface area contributed by atoms with Crippen molar-refractivity contribution < 1.29 is 4.79 Å². The molecule has 2 heterocycles. The fourth-order valence-corrected chi connectivity index (χ4v) is 2.29. The van der Waals surface area contributed by atoms with Gasteiger partial charge in [0, 0.05) is 19.5 Å². The molecule has 2 aromatic heterocycles. The SMILES string of the molecule is Cc1nc(N(C)C)nc(C)c1NC(=O)c1ccsc1. The highest BCUT2D eigenvalue weighted by atomic mass is 32.1. The Hall–Kier alpha value is -1.95. The maximum absolute atomic E-state index is 12.0. The third-order valence-corrected chi connectivity index (χ3v) is 3.36. The fraction of sp³-hybridized carbons (Fsp3) is 0.308. The van der Waals surface area contributed by atoms with Gasteiger partial charge in [0.2, 0.25) is 5.95 Å². The molecule has 1 amide bonds. The van der Waals surface area contributed by atoms with E-state index in [-0.39, 0.29) is 5.91 Å². The van der Waals surface area contributed by atoms with Crippen LogP contribution in [0, 0.1) is 13.8 Å². The highest BCUT2D eigenvalue weighted by Crippen LogP contribution is 2.20. The lowest BCUT2D eigenvalue weighted by atomic mass is 10.2. The molecule has 100 valence electrons. The molecule has 0 aliphatic heterocycles. The van der Waals surface area contributed by atoms with Crippen molar-refractivity contribution >= 4 is 28.9 Å². The van der Waals surface area contributed by atoms with Crippen molar-refractivity contribution in [3.8, 4) is 0 Å². The van der Waals surface area contributed by atoms with Gasteiger partial charge >= 0.3 is 0 Å². The molecule has 1 N–H and O–H groups in total. The van der Waals surface area contributed by atoms with Gasteiger partial charge in [-0.15, -0.1) is 0 Å². The molecule has 2 aromatic rings. The highest BCUT2D eigenvalue weighted by Gasteiger charge is 2.13. The monoisotopic (exact) mass is 276 g/mol. The Morgan fingerprint density at radius 1 is 1.26 bits per heavy atom. The molecule has 19 heavy (non-hydrogen) atoms. The molecule has 0 aliphatic carbocycles. The summed E-state index contributed by atoms with van der Waals surface area (Å²) in [6.45, 7) is 3.73. The van der Waals surface area contributed by atoms with Gasteiger partial charge in [0.1, 0.15) is 0 Å². The second kappa shape index (κ2) is 5.36. The molecule has 0 fully saturated rings. The van der Waals surface area contributed by atoms with Crippen LogP contribution in [0.25, 0.3) is 0 Å². The molecule has 0 spiro atoms. The van der Waals surface area contributed by atoms with Gasteiger partial charge in [-0.2, -0.15) is 11.3 Å². The molecule has 0 unspecified atom stereocenters. The molecule has 0 saturated heterocycles. The molecule has 5 nitrogen and oxygen atoms in total. The van der Waals surface area contributed by atoms with Crippen LogP contribution in [0.15, 0.2) is 16.8 Å². The maximum atomic E-state index is 12.0. The maximum Gasteiger partial charge on any atom is 0.256 e. The fourth-order valence-electron chi connectivity index (χ4n) is 1.66. The molecular weight excluding hydrogens is 260 g/mol. The summed E-state index contributed by atoms with van der Waals surface area (Å²) in [5.41, 5.74) is 2.86. The number of amides is 1. The molecule has 0 saturated carbocycles. The molecule has 0 aliphatic rings. The van der Waals surface area contributed by atoms with Gasteiger partial charge in [-0.05, 0) is 25.3 Å². The number of hydrogen-bond donors (Lipinski definition) is 1. The van der Waals surface area contributed by atoms with Gasteiger partial charge < -0.3 is 10.2 Å². The second-order valence-electron chi connectivity index (χ2n) is 4.43. The van der Waals surface area contributed by atoms with Crippen molar-refractivity contribution in [1.82, 2.24) is 9.97 Å². The number of hydrogen-bond acceptors (Lipinski definition) is 5. The third kappa shape index (κ3) is 2.90. The van der Waals surface area contributed by atoms with E-state index < -0.39 is 0 Å². The summed E-state index contributed by atoms with van der Waals surface area (Å²) in [4.78, 5) is 22.6. The molecule has 6 heteroatoms. The summed E-state index contributed by atoms with van der Waals surface area (Å²) in [5.74, 6) is 0.511. The number of nitrogens with zero attached hydrogens (tertiary/aromatic N) is 3. The molecule has 0 bridgehead atoms. The minimum Gasteiger partial charge on any atom is -0.347 e. The molecule has 0 atom stereocenters. The van der Waals surface area contributed by atoms with Crippen LogP contribution in [0.2, 0.25) is 0 Å². The van der Waals surface area contributed by atoms with E-state index in [4.69, 9.17) is 0 Å². The van der Waals surface area contributed by atoms with Crippen LogP contribution < -0.4 is 10.2 Å². The highest BCUT2D eigenvalue weighted by molar-refractivity contribution is 7.08. The van der Waals surface area contributed by atoms with Crippen molar-refractivity contribution in [3.63, 3.8) is 0 Å². The van der Waals surface area contributed by atoms with Crippen molar-refractivity contribution in [3.05, 3.63) is 33.8 Å². The largest absolute Gasteiger partial charge is 0.347 e. The molecule has 0 aromatic carbocycles. The van der Waals surface area contributed by atoms with Crippen LogP contribution >= 0.6 is 11.3 Å². The van der Waals surface area contributed by atoms with Crippen LogP contribution in [0.4, 0.5) is 11.6 Å². The summed E-state index contributed by atoms with van der Waals surface area (Å²) in [7, 11) is 3.77. The minimum absolute atomic E-state index is 0.131. The van der Waals surface area contributed by atoms with E-state index in [0.29, 0.717) is 17.2 Å². The number of carbonyl (C=O) groups is 1. The normalized spacial score (nSPS) is 10.3. The summed E-state index contributed by atoms with van der Waals surface area (Å²) in [6.07, 6.45) is 0. The Bertz CT molecular complexity index is 570. The smallest absolute Gasteiger partial charge is 0.256 e. The predicted octanol–water partition coefficient (Wildman–Crippen LogP) is 2.47. The first-order chi connectivity index (χ1) is 8.99. The van der Waals surface area contributed by atoms with Crippen LogP contribution in [0.3, 0.4) is 0 Å². The Morgan fingerprint density at radius 3 is 2.37 bits per heavy atom. The Morgan fingerprint density at radius 2 is 1.89 bits per heavy atom. The number of nitrogens with one attached hydrogen (secondary N) is 1. The van der Waals surface area contributed by atoms with E-state index in [1.165, 1.54) is 11.3 Å². The van der Waals surface area contributed by atoms with Gasteiger partial charge in [-0.3, -0.25) is 4.79 Å². The summed E-state index contributed by atoms with van der Waals surface area (Å²) in [5, 5.41) is 6.56. The number of aryl methyl sites for hydroxylation is 2. The zero-order valence-corrected chi connectivity index (χ0v) is 12.2. The van der Waals surface area contributed by atoms with Crippen molar-refractivity contribution in [2.45, 2.75) is 13.8 Å². The van der Waals surface area contributed by atoms with E-state index in [2.05, 4.69) is 15.3 Å². The predicted molar refractivity (Wildman–Crippen MR) is 78.1 cm³/mol. The zero-order chi connectivity index (χ0) is 14.0. The van der Waals surface area contributed by atoms with E-state index >= 15 is 0 Å². The number of aromatic nitrogens is 2. The first-order valence-corrected chi connectivity index (χ1v) is 6.79. The lowest BCUT2D eigenvalue weighted by molar-refractivity contribution is 0.102. The number of anilines is 2. The Kier molecular flexibility index (Phi) is 3.80. The number of rotatable bonds is 3. The summed E-state index contributed by atoms with van der Waals surface area (Å²) in [6, 6.07) is 1.79. The quantitative estimate of drug-likeness (QED) is 0.935. The first kappa shape index (κ1) is 13.5. The third-order valence-electron chi connectivity index (χ3n) is 2.68. The lowest BCUT2D eigenvalue weighted by Crippen LogP contribution is -2.18. The van der Waals surface area contributed by atoms with Crippen molar-refractivity contribution in [2.24, 2.45) is 0 Å². The standard InChI is InChI=1S/C13H16N4OS/c1-8-11(9(2)15-13(14-8)17(3)4)16-12(18)10-5-6-19-7-10/h5-7H,1-4H3,(H,16,18). The molecule has 2 rings (SSSR count). The molecule has 0 radical (unpaired) electrons. The lowest BCUT2D eigenvalue weighted by Gasteiger charge is -2.15. The van der Waals surface area contributed by atoms with Gasteiger partial charge in [0.05, 0.1) is 22.6 Å². The first-order valence-electron chi connectivity index (χ1n) is 5.85. The van der Waals surface area contributed by atoms with E-state index in [1.807, 2.05) is 43.6 Å². The van der Waals surface area contributed by atoms with Gasteiger partial charge in [-0.25, -0.2) is 9.97 Å². The van der Waals surface area contributed by atoms with Gasteiger partial charge in [-0.1, -0.05) is 0 Å². The Labute approximate surface area is 116 Å². The van der Waals surface area contributed by atoms with Crippen LogP contribution in [0.5, 0.6) is 0 Å². The second-order valence-corrected chi connectivity index (χ2v) is 5.21. The van der Waals surface area contributed by atoms with E-state index in [0.717, 1.165) is 11.4 Å². The van der Waals surface area contributed by atoms with Crippen molar-refractivity contribution in [1.29, 1.82) is 0 Å². The summed E-state index contributed by atoms with van der Waals surface area (Å²) < 4.78 is 0. The minimum atomic E-state index is -0.131. The van der Waals surface area contributed by atoms with Gasteiger partial charge in [0.25, 0.3) is 5.91 Å². The topological polar surface area (TPSA) is 58.1 Å². The number of carbonyl (C=O) groups excluding carboxylic acids is 1.